The normalized spacial score (nSPS) is 16.7. The Morgan fingerprint density at radius 1 is 1.22 bits per heavy atom. The van der Waals surface area contributed by atoms with Crippen molar-refractivity contribution in [3.8, 4) is 5.75 Å². The summed E-state index contributed by atoms with van der Waals surface area (Å²) in [6.45, 7) is 2.57. The fourth-order valence-electron chi connectivity index (χ4n) is 2.51. The number of carbonyl (C=O) groups is 1. The molecule has 2 aromatic carbocycles. The van der Waals surface area contributed by atoms with Crippen molar-refractivity contribution in [2.45, 2.75) is 6.92 Å². The van der Waals surface area contributed by atoms with Gasteiger partial charge in [0.2, 0.25) is 0 Å². The van der Waals surface area contributed by atoms with Crippen molar-refractivity contribution in [3.63, 3.8) is 0 Å². The molecule has 0 radical (unpaired) electrons. The number of thioether (sulfide) groups is 1. The maximum Gasteiger partial charge on any atom is 0.264 e. The van der Waals surface area contributed by atoms with E-state index in [1.165, 1.54) is 11.8 Å². The highest BCUT2D eigenvalue weighted by Gasteiger charge is 2.23. The molecule has 0 saturated carbocycles. The van der Waals surface area contributed by atoms with E-state index in [4.69, 9.17) is 4.74 Å². The van der Waals surface area contributed by atoms with Gasteiger partial charge < -0.3 is 15.0 Å². The summed E-state index contributed by atoms with van der Waals surface area (Å²) in [5.41, 5.74) is 2.80. The Hall–Kier alpha value is -2.25. The minimum atomic E-state index is -0.141. The molecule has 0 aliphatic carbocycles. The van der Waals surface area contributed by atoms with Crippen LogP contribution in [0.25, 0.3) is 6.08 Å². The average molecular weight is 446 g/mol. The molecule has 1 fully saturated rings. The number of carbonyl (C=O) groups excluding carboxylic acids is 1. The SMILES string of the molecule is CCOc1ccc(N=C2NC(=O)/C(=C/c3ccc(N(C)C)c(Br)c3)S2)cc1. The number of hydrogen-bond acceptors (Lipinski definition) is 5. The van der Waals surface area contributed by atoms with Crippen molar-refractivity contribution in [2.75, 3.05) is 25.6 Å². The highest BCUT2D eigenvalue weighted by Crippen LogP contribution is 2.31. The van der Waals surface area contributed by atoms with Gasteiger partial charge >= 0.3 is 0 Å². The largest absolute Gasteiger partial charge is 0.494 e. The van der Waals surface area contributed by atoms with Gasteiger partial charge in [-0.15, -0.1) is 0 Å². The van der Waals surface area contributed by atoms with Crippen LogP contribution >= 0.6 is 27.7 Å². The molecule has 0 aromatic heterocycles. The van der Waals surface area contributed by atoms with Crippen molar-refractivity contribution < 1.29 is 9.53 Å². The minimum Gasteiger partial charge on any atom is -0.494 e. The van der Waals surface area contributed by atoms with Crippen molar-refractivity contribution in [1.29, 1.82) is 0 Å². The standard InChI is InChI=1S/C20H20BrN3O2S/c1-4-26-15-8-6-14(7-9-15)22-20-23-19(25)18(27-20)12-13-5-10-17(24(2)3)16(21)11-13/h5-12H,4H2,1-3H3,(H,22,23,25)/b18-12-. The van der Waals surface area contributed by atoms with Gasteiger partial charge in [0, 0.05) is 18.6 Å². The lowest BCUT2D eigenvalue weighted by Gasteiger charge is -2.14. The number of nitrogens with zero attached hydrogens (tertiary/aromatic N) is 2. The summed E-state index contributed by atoms with van der Waals surface area (Å²) in [6, 6.07) is 13.5. The van der Waals surface area contributed by atoms with Crippen LogP contribution in [-0.2, 0) is 4.79 Å². The second-order valence-electron chi connectivity index (χ2n) is 6.01. The topological polar surface area (TPSA) is 53.9 Å². The quantitative estimate of drug-likeness (QED) is 0.671. The smallest absolute Gasteiger partial charge is 0.264 e. The number of nitrogens with one attached hydrogen (secondary N) is 1. The number of hydrogen-bond donors (Lipinski definition) is 1. The van der Waals surface area contributed by atoms with Gasteiger partial charge in [0.05, 0.1) is 22.9 Å². The molecule has 0 spiro atoms. The van der Waals surface area contributed by atoms with Gasteiger partial charge in [-0.05, 0) is 82.7 Å². The maximum atomic E-state index is 12.3. The average Bonchev–Trinajstić information content (AvgIpc) is 2.96. The van der Waals surface area contributed by atoms with Crippen molar-refractivity contribution in [2.24, 2.45) is 4.99 Å². The fraction of sp³-hybridized carbons (Fsp3) is 0.200. The molecule has 0 bridgehead atoms. The number of ether oxygens (including phenoxy) is 1. The van der Waals surface area contributed by atoms with E-state index in [2.05, 4.69) is 26.2 Å². The van der Waals surface area contributed by atoms with Crippen LogP contribution in [0.2, 0.25) is 0 Å². The van der Waals surface area contributed by atoms with Crippen LogP contribution in [0.3, 0.4) is 0 Å². The lowest BCUT2D eigenvalue weighted by Crippen LogP contribution is -2.19. The van der Waals surface area contributed by atoms with Crippen LogP contribution in [0.5, 0.6) is 5.75 Å². The molecular weight excluding hydrogens is 426 g/mol. The second-order valence-corrected chi connectivity index (χ2v) is 7.90. The number of aliphatic imine (C=N–C) groups is 1. The molecular formula is C20H20BrN3O2S. The van der Waals surface area contributed by atoms with Crippen molar-refractivity contribution >= 4 is 56.2 Å². The Morgan fingerprint density at radius 2 is 1.96 bits per heavy atom. The summed E-state index contributed by atoms with van der Waals surface area (Å²) in [4.78, 5) is 19.4. The van der Waals surface area contributed by atoms with Crippen LogP contribution < -0.4 is 15.0 Å². The lowest BCUT2D eigenvalue weighted by molar-refractivity contribution is -0.115. The van der Waals surface area contributed by atoms with E-state index in [1.54, 1.807) is 0 Å². The predicted octanol–water partition coefficient (Wildman–Crippen LogP) is 4.81. The third-order valence-electron chi connectivity index (χ3n) is 3.78. The molecule has 2 aromatic rings. The molecule has 1 N–H and O–H groups in total. The Labute approximate surface area is 171 Å². The predicted molar refractivity (Wildman–Crippen MR) is 117 cm³/mol. The molecule has 1 aliphatic rings. The molecule has 1 amide bonds. The third-order valence-corrected chi connectivity index (χ3v) is 5.33. The second kappa shape index (κ2) is 8.63. The van der Waals surface area contributed by atoms with Crippen LogP contribution in [0, 0.1) is 0 Å². The van der Waals surface area contributed by atoms with Gasteiger partial charge in [-0.1, -0.05) is 6.07 Å². The summed E-state index contributed by atoms with van der Waals surface area (Å²) >= 11 is 4.91. The van der Waals surface area contributed by atoms with E-state index in [-0.39, 0.29) is 5.91 Å². The van der Waals surface area contributed by atoms with Gasteiger partial charge in [-0.2, -0.15) is 0 Å². The zero-order valence-corrected chi connectivity index (χ0v) is 17.7. The Morgan fingerprint density at radius 3 is 2.59 bits per heavy atom. The zero-order chi connectivity index (χ0) is 19.4. The molecule has 140 valence electrons. The minimum absolute atomic E-state index is 0.141. The molecule has 0 unspecified atom stereocenters. The summed E-state index contributed by atoms with van der Waals surface area (Å²) in [7, 11) is 3.98. The number of amides is 1. The van der Waals surface area contributed by atoms with Crippen LogP contribution in [-0.4, -0.2) is 31.8 Å². The van der Waals surface area contributed by atoms with E-state index >= 15 is 0 Å². The van der Waals surface area contributed by atoms with Gasteiger partial charge in [0.15, 0.2) is 5.17 Å². The van der Waals surface area contributed by atoms with Gasteiger partial charge in [-0.25, -0.2) is 4.99 Å². The van der Waals surface area contributed by atoms with Crippen LogP contribution in [0.15, 0.2) is 56.8 Å². The monoisotopic (exact) mass is 445 g/mol. The highest BCUT2D eigenvalue weighted by molar-refractivity contribution is 9.10. The van der Waals surface area contributed by atoms with Gasteiger partial charge in [-0.3, -0.25) is 4.79 Å². The highest BCUT2D eigenvalue weighted by atomic mass is 79.9. The maximum absolute atomic E-state index is 12.3. The summed E-state index contributed by atoms with van der Waals surface area (Å²) in [6.07, 6.45) is 1.87. The lowest BCUT2D eigenvalue weighted by atomic mass is 10.2. The number of benzene rings is 2. The van der Waals surface area contributed by atoms with E-state index in [1.807, 2.05) is 74.5 Å². The van der Waals surface area contributed by atoms with Crippen molar-refractivity contribution in [1.82, 2.24) is 5.32 Å². The van der Waals surface area contributed by atoms with E-state index in [0.717, 1.165) is 27.2 Å². The van der Waals surface area contributed by atoms with Gasteiger partial charge in [0.25, 0.3) is 5.91 Å². The molecule has 1 aliphatic heterocycles. The summed E-state index contributed by atoms with van der Waals surface area (Å²) in [5, 5.41) is 3.38. The van der Waals surface area contributed by atoms with Crippen LogP contribution in [0.1, 0.15) is 12.5 Å². The summed E-state index contributed by atoms with van der Waals surface area (Å²) < 4.78 is 6.40. The molecule has 7 heteroatoms. The molecule has 5 nitrogen and oxygen atoms in total. The summed E-state index contributed by atoms with van der Waals surface area (Å²) in [5.74, 6) is 0.661. The Kier molecular flexibility index (Phi) is 6.23. The Bertz CT molecular complexity index is 908. The Balaban J connectivity index is 1.76. The van der Waals surface area contributed by atoms with Gasteiger partial charge in [0.1, 0.15) is 5.75 Å². The van der Waals surface area contributed by atoms with E-state index < -0.39 is 0 Å². The van der Waals surface area contributed by atoms with Crippen LogP contribution in [0.4, 0.5) is 11.4 Å². The number of anilines is 1. The fourth-order valence-corrected chi connectivity index (χ4v) is 4.10. The first-order chi connectivity index (χ1) is 13.0. The number of rotatable bonds is 5. The third kappa shape index (κ3) is 4.93. The van der Waals surface area contributed by atoms with E-state index in [0.29, 0.717) is 16.7 Å². The van der Waals surface area contributed by atoms with E-state index in [9.17, 15) is 4.79 Å². The molecule has 27 heavy (non-hydrogen) atoms. The molecule has 1 heterocycles. The van der Waals surface area contributed by atoms with Crippen molar-refractivity contribution in [3.05, 3.63) is 57.4 Å². The number of halogens is 1. The first-order valence-electron chi connectivity index (χ1n) is 8.45. The molecule has 3 rings (SSSR count). The molecule has 0 atom stereocenters. The first kappa shape index (κ1) is 19.5. The first-order valence-corrected chi connectivity index (χ1v) is 10.1. The molecule has 1 saturated heterocycles. The number of amidine groups is 1. The zero-order valence-electron chi connectivity index (χ0n) is 15.3.